The minimum absolute atomic E-state index is 0.0979. The summed E-state index contributed by atoms with van der Waals surface area (Å²) in [5.41, 5.74) is -0.406. The second-order valence-electron chi connectivity index (χ2n) is 5.44. The SMILES string of the molecule is CC(C)C1CCCN1CC(=O)c1c(F)cccc1F. The molecule has 2 rings (SSSR count). The summed E-state index contributed by atoms with van der Waals surface area (Å²) in [6.45, 7) is 5.14. The van der Waals surface area contributed by atoms with Gasteiger partial charge in [0.05, 0.1) is 12.1 Å². The molecule has 0 N–H and O–H groups in total. The Hall–Kier alpha value is -1.29. The molecule has 0 radical (unpaired) electrons. The molecule has 19 heavy (non-hydrogen) atoms. The van der Waals surface area contributed by atoms with Crippen LogP contribution in [0.4, 0.5) is 8.78 Å². The van der Waals surface area contributed by atoms with Crippen molar-refractivity contribution in [3.05, 3.63) is 35.4 Å². The molecule has 1 heterocycles. The maximum absolute atomic E-state index is 13.6. The van der Waals surface area contributed by atoms with E-state index in [0.29, 0.717) is 12.0 Å². The predicted octanol–water partition coefficient (Wildman–Crippen LogP) is 3.27. The van der Waals surface area contributed by atoms with E-state index in [1.807, 2.05) is 4.90 Å². The Labute approximate surface area is 112 Å². The fraction of sp³-hybridized carbons (Fsp3) is 0.533. The van der Waals surface area contributed by atoms with Gasteiger partial charge in [-0.25, -0.2) is 8.78 Å². The number of hydrogen-bond donors (Lipinski definition) is 0. The van der Waals surface area contributed by atoms with Crippen LogP contribution in [0.5, 0.6) is 0 Å². The molecule has 0 aromatic heterocycles. The monoisotopic (exact) mass is 267 g/mol. The van der Waals surface area contributed by atoms with Gasteiger partial charge in [0.25, 0.3) is 0 Å². The molecule has 0 amide bonds. The number of Topliss-reactive ketones (excluding diaryl/α,β-unsaturated/α-hetero) is 1. The van der Waals surface area contributed by atoms with Crippen molar-refractivity contribution in [1.29, 1.82) is 0 Å². The molecule has 4 heteroatoms. The van der Waals surface area contributed by atoms with Crippen molar-refractivity contribution in [3.8, 4) is 0 Å². The molecule has 0 spiro atoms. The first-order valence-electron chi connectivity index (χ1n) is 6.72. The lowest BCUT2D eigenvalue weighted by Gasteiger charge is -2.26. The van der Waals surface area contributed by atoms with Crippen LogP contribution in [-0.4, -0.2) is 29.8 Å². The first-order valence-corrected chi connectivity index (χ1v) is 6.72. The predicted molar refractivity (Wildman–Crippen MR) is 70.1 cm³/mol. The number of hydrogen-bond acceptors (Lipinski definition) is 2. The second kappa shape index (κ2) is 5.78. The summed E-state index contributed by atoms with van der Waals surface area (Å²) in [6.07, 6.45) is 2.08. The molecule has 1 aromatic rings. The van der Waals surface area contributed by atoms with E-state index in [9.17, 15) is 13.6 Å². The van der Waals surface area contributed by atoms with Gasteiger partial charge >= 0.3 is 0 Å². The molecule has 1 atom stereocenters. The highest BCUT2D eigenvalue weighted by atomic mass is 19.1. The third kappa shape index (κ3) is 3.00. The highest BCUT2D eigenvalue weighted by Gasteiger charge is 2.29. The topological polar surface area (TPSA) is 20.3 Å². The van der Waals surface area contributed by atoms with Crippen molar-refractivity contribution in [3.63, 3.8) is 0 Å². The van der Waals surface area contributed by atoms with Crippen LogP contribution in [0.25, 0.3) is 0 Å². The number of nitrogens with zero attached hydrogens (tertiary/aromatic N) is 1. The average molecular weight is 267 g/mol. The Balaban J connectivity index is 2.13. The molecule has 2 nitrogen and oxygen atoms in total. The van der Waals surface area contributed by atoms with Crippen LogP contribution in [0.15, 0.2) is 18.2 Å². The van der Waals surface area contributed by atoms with Gasteiger partial charge in [-0.2, -0.15) is 0 Å². The van der Waals surface area contributed by atoms with Gasteiger partial charge < -0.3 is 0 Å². The summed E-state index contributed by atoms with van der Waals surface area (Å²) < 4.78 is 27.1. The number of rotatable bonds is 4. The Morgan fingerprint density at radius 3 is 2.58 bits per heavy atom. The molecule has 104 valence electrons. The maximum atomic E-state index is 13.6. The van der Waals surface area contributed by atoms with E-state index in [-0.39, 0.29) is 6.54 Å². The molecular formula is C15H19F2NO. The summed E-state index contributed by atoms with van der Waals surface area (Å²) in [5.74, 6) is -1.57. The Morgan fingerprint density at radius 1 is 1.37 bits per heavy atom. The molecule has 1 saturated heterocycles. The van der Waals surface area contributed by atoms with Crippen molar-refractivity contribution >= 4 is 5.78 Å². The standard InChI is InChI=1S/C15H19F2NO/c1-10(2)13-7-4-8-18(13)9-14(19)15-11(16)5-3-6-12(15)17/h3,5-6,10,13H,4,7-9H2,1-2H3. The van der Waals surface area contributed by atoms with Crippen LogP contribution < -0.4 is 0 Å². The van der Waals surface area contributed by atoms with Crippen LogP contribution in [0.1, 0.15) is 37.0 Å². The lowest BCUT2D eigenvalue weighted by Crippen LogP contribution is -2.37. The number of likely N-dealkylation sites (tertiary alicyclic amines) is 1. The lowest BCUT2D eigenvalue weighted by molar-refractivity contribution is 0.0895. The largest absolute Gasteiger partial charge is 0.293 e. The van der Waals surface area contributed by atoms with E-state index >= 15 is 0 Å². The molecule has 1 aromatic carbocycles. The molecule has 0 aliphatic carbocycles. The normalized spacial score (nSPS) is 20.2. The zero-order chi connectivity index (χ0) is 14.0. The van der Waals surface area contributed by atoms with Gasteiger partial charge in [-0.05, 0) is 37.4 Å². The number of halogens is 2. The van der Waals surface area contributed by atoms with E-state index in [1.165, 1.54) is 6.07 Å². The molecule has 0 bridgehead atoms. The fourth-order valence-corrected chi connectivity index (χ4v) is 2.83. The fourth-order valence-electron chi connectivity index (χ4n) is 2.83. The number of benzene rings is 1. The number of carbonyl (C=O) groups excluding carboxylic acids is 1. The van der Waals surface area contributed by atoms with Crippen molar-refractivity contribution in [2.45, 2.75) is 32.7 Å². The zero-order valence-corrected chi connectivity index (χ0v) is 11.3. The molecule has 1 aliphatic rings. The van der Waals surface area contributed by atoms with Crippen molar-refractivity contribution in [2.24, 2.45) is 5.92 Å². The van der Waals surface area contributed by atoms with Crippen molar-refractivity contribution < 1.29 is 13.6 Å². The van der Waals surface area contributed by atoms with Gasteiger partial charge in [0, 0.05) is 6.04 Å². The van der Waals surface area contributed by atoms with Crippen LogP contribution in [0.3, 0.4) is 0 Å². The van der Waals surface area contributed by atoms with Crippen LogP contribution in [0, 0.1) is 17.6 Å². The third-order valence-corrected chi connectivity index (χ3v) is 3.77. The highest BCUT2D eigenvalue weighted by Crippen LogP contribution is 2.24. The van der Waals surface area contributed by atoms with Gasteiger partial charge in [0.15, 0.2) is 5.78 Å². The zero-order valence-electron chi connectivity index (χ0n) is 11.3. The number of carbonyl (C=O) groups is 1. The van der Waals surface area contributed by atoms with Crippen molar-refractivity contribution in [1.82, 2.24) is 4.90 Å². The van der Waals surface area contributed by atoms with Gasteiger partial charge in [-0.15, -0.1) is 0 Å². The third-order valence-electron chi connectivity index (χ3n) is 3.77. The Bertz CT molecular complexity index is 453. The minimum Gasteiger partial charge on any atom is -0.293 e. The average Bonchev–Trinajstić information content (AvgIpc) is 2.76. The van der Waals surface area contributed by atoms with Crippen molar-refractivity contribution in [2.75, 3.05) is 13.1 Å². The molecule has 1 unspecified atom stereocenters. The van der Waals surface area contributed by atoms with E-state index in [0.717, 1.165) is 31.5 Å². The molecular weight excluding hydrogens is 248 g/mol. The maximum Gasteiger partial charge on any atom is 0.182 e. The van der Waals surface area contributed by atoms with Gasteiger partial charge in [0.2, 0.25) is 0 Å². The lowest BCUT2D eigenvalue weighted by atomic mass is 10.0. The van der Waals surface area contributed by atoms with E-state index in [4.69, 9.17) is 0 Å². The molecule has 1 aliphatic heterocycles. The quantitative estimate of drug-likeness (QED) is 0.780. The number of ketones is 1. The van der Waals surface area contributed by atoms with Crippen LogP contribution >= 0.6 is 0 Å². The van der Waals surface area contributed by atoms with E-state index < -0.39 is 23.0 Å². The smallest absolute Gasteiger partial charge is 0.182 e. The molecule has 0 saturated carbocycles. The van der Waals surface area contributed by atoms with Gasteiger partial charge in [0.1, 0.15) is 11.6 Å². The van der Waals surface area contributed by atoms with E-state index in [2.05, 4.69) is 13.8 Å². The Morgan fingerprint density at radius 2 is 2.00 bits per heavy atom. The van der Waals surface area contributed by atoms with Gasteiger partial charge in [-0.1, -0.05) is 19.9 Å². The summed E-state index contributed by atoms with van der Waals surface area (Å²) in [7, 11) is 0. The van der Waals surface area contributed by atoms with Crippen LogP contribution in [0.2, 0.25) is 0 Å². The summed E-state index contributed by atoms with van der Waals surface area (Å²) >= 11 is 0. The second-order valence-corrected chi connectivity index (χ2v) is 5.44. The van der Waals surface area contributed by atoms with Gasteiger partial charge in [-0.3, -0.25) is 9.69 Å². The van der Waals surface area contributed by atoms with E-state index in [1.54, 1.807) is 0 Å². The first kappa shape index (κ1) is 14.1. The Kier molecular flexibility index (Phi) is 4.30. The summed E-state index contributed by atoms with van der Waals surface area (Å²) in [5, 5.41) is 0. The summed E-state index contributed by atoms with van der Waals surface area (Å²) in [4.78, 5) is 14.1. The highest BCUT2D eigenvalue weighted by molar-refractivity contribution is 5.98. The minimum atomic E-state index is -0.773. The van der Waals surface area contributed by atoms with Crippen LogP contribution in [-0.2, 0) is 0 Å². The summed E-state index contributed by atoms with van der Waals surface area (Å²) in [6, 6.07) is 3.85. The molecule has 1 fully saturated rings. The first-order chi connectivity index (χ1) is 9.00.